The van der Waals surface area contributed by atoms with Crippen molar-refractivity contribution in [1.82, 2.24) is 10.6 Å². The lowest BCUT2D eigenvalue weighted by Gasteiger charge is -2.12. The van der Waals surface area contributed by atoms with Crippen LogP contribution in [0.1, 0.15) is 18.1 Å². The number of carbonyl (C=O) groups is 1. The summed E-state index contributed by atoms with van der Waals surface area (Å²) < 4.78 is 32.2. The molecule has 28 heavy (non-hydrogen) atoms. The van der Waals surface area contributed by atoms with Crippen LogP contribution in [0.15, 0.2) is 47.5 Å². The summed E-state index contributed by atoms with van der Waals surface area (Å²) in [6, 6.07) is 10.6. The first-order valence-electron chi connectivity index (χ1n) is 8.94. The van der Waals surface area contributed by atoms with Crippen molar-refractivity contribution in [2.24, 2.45) is 10.7 Å². The van der Waals surface area contributed by atoms with Crippen molar-refractivity contribution in [3.63, 3.8) is 0 Å². The molecule has 1 amide bonds. The summed E-state index contributed by atoms with van der Waals surface area (Å²) in [6.45, 7) is 3.03. The molecule has 0 aliphatic carbocycles. The van der Waals surface area contributed by atoms with Crippen LogP contribution >= 0.6 is 0 Å². The largest absolute Gasteiger partial charge is 0.484 e. The molecule has 150 valence electrons. The van der Waals surface area contributed by atoms with Gasteiger partial charge in [-0.1, -0.05) is 12.1 Å². The molecule has 8 heteroatoms. The van der Waals surface area contributed by atoms with E-state index < -0.39 is 17.5 Å². The lowest BCUT2D eigenvalue weighted by Crippen LogP contribution is -2.38. The van der Waals surface area contributed by atoms with Gasteiger partial charge >= 0.3 is 0 Å². The number of hydrogen-bond acceptors (Lipinski definition) is 3. The number of primary amides is 1. The second-order valence-corrected chi connectivity index (χ2v) is 6.01. The molecule has 4 N–H and O–H groups in total. The average Bonchev–Trinajstić information content (AvgIpc) is 2.67. The first-order chi connectivity index (χ1) is 13.5. The minimum absolute atomic E-state index is 0.0326. The molecule has 0 aliphatic rings. The zero-order chi connectivity index (χ0) is 20.4. The van der Waals surface area contributed by atoms with E-state index >= 15 is 0 Å². The van der Waals surface area contributed by atoms with Crippen LogP contribution < -0.4 is 21.1 Å². The van der Waals surface area contributed by atoms with Crippen LogP contribution in [0, 0.1) is 11.6 Å². The molecule has 0 saturated heterocycles. The third-order valence-corrected chi connectivity index (χ3v) is 3.77. The maximum Gasteiger partial charge on any atom is 0.255 e. The fraction of sp³-hybridized carbons (Fsp3) is 0.300. The topological polar surface area (TPSA) is 88.7 Å². The molecule has 0 fully saturated rings. The summed E-state index contributed by atoms with van der Waals surface area (Å²) in [4.78, 5) is 15.0. The number of amides is 1. The zero-order valence-electron chi connectivity index (χ0n) is 15.7. The van der Waals surface area contributed by atoms with Gasteiger partial charge in [0.2, 0.25) is 0 Å². The van der Waals surface area contributed by atoms with Gasteiger partial charge in [-0.25, -0.2) is 13.8 Å². The highest BCUT2D eigenvalue weighted by Gasteiger charge is 2.05. The van der Waals surface area contributed by atoms with E-state index in [0.29, 0.717) is 24.8 Å². The van der Waals surface area contributed by atoms with Gasteiger partial charge in [-0.2, -0.15) is 0 Å². The monoisotopic (exact) mass is 390 g/mol. The predicted molar refractivity (Wildman–Crippen MR) is 104 cm³/mol. The summed E-state index contributed by atoms with van der Waals surface area (Å²) in [7, 11) is 0. The van der Waals surface area contributed by atoms with Crippen molar-refractivity contribution in [2.45, 2.75) is 19.9 Å². The molecule has 0 bridgehead atoms. The van der Waals surface area contributed by atoms with Crippen molar-refractivity contribution in [1.29, 1.82) is 0 Å². The van der Waals surface area contributed by atoms with Crippen molar-refractivity contribution < 1.29 is 18.3 Å². The number of carbonyl (C=O) groups excluding carboxylic acids is 1. The van der Waals surface area contributed by atoms with Crippen LogP contribution in [-0.4, -0.2) is 31.6 Å². The Kier molecular flexibility index (Phi) is 8.20. The molecular formula is C20H24F2N4O2. The number of halogens is 2. The van der Waals surface area contributed by atoms with Crippen molar-refractivity contribution in [3.05, 3.63) is 65.2 Å². The van der Waals surface area contributed by atoms with Crippen molar-refractivity contribution in [3.8, 4) is 5.75 Å². The van der Waals surface area contributed by atoms with Crippen LogP contribution in [0.4, 0.5) is 8.78 Å². The second kappa shape index (κ2) is 10.9. The van der Waals surface area contributed by atoms with E-state index in [1.807, 2.05) is 19.1 Å². The van der Waals surface area contributed by atoms with Gasteiger partial charge in [-0.3, -0.25) is 4.79 Å². The quantitative estimate of drug-likeness (QED) is 0.452. The van der Waals surface area contributed by atoms with Crippen LogP contribution in [0.2, 0.25) is 0 Å². The summed E-state index contributed by atoms with van der Waals surface area (Å²) in [5.74, 6) is -0.413. The Labute approximate surface area is 162 Å². The maximum absolute atomic E-state index is 13.7. The summed E-state index contributed by atoms with van der Waals surface area (Å²) >= 11 is 0. The molecule has 6 nitrogen and oxygen atoms in total. The summed E-state index contributed by atoms with van der Waals surface area (Å²) in [5.41, 5.74) is 6.30. The minimum Gasteiger partial charge on any atom is -0.484 e. The molecule has 2 aromatic rings. The van der Waals surface area contributed by atoms with Gasteiger partial charge in [0, 0.05) is 18.7 Å². The molecule has 0 aromatic heterocycles. The average molecular weight is 390 g/mol. The first kappa shape index (κ1) is 21.1. The van der Waals surface area contributed by atoms with E-state index in [-0.39, 0.29) is 18.7 Å². The Bertz CT molecular complexity index is 810. The zero-order valence-corrected chi connectivity index (χ0v) is 15.7. The van der Waals surface area contributed by atoms with E-state index in [1.54, 1.807) is 12.1 Å². The lowest BCUT2D eigenvalue weighted by atomic mass is 10.1. The normalized spacial score (nSPS) is 11.2. The Balaban J connectivity index is 1.87. The molecule has 2 aromatic carbocycles. The Morgan fingerprint density at radius 3 is 2.57 bits per heavy atom. The second-order valence-electron chi connectivity index (χ2n) is 6.01. The van der Waals surface area contributed by atoms with Gasteiger partial charge < -0.3 is 21.1 Å². The summed E-state index contributed by atoms with van der Waals surface area (Å²) in [5, 5.41) is 6.23. The van der Waals surface area contributed by atoms with Crippen molar-refractivity contribution in [2.75, 3.05) is 19.7 Å². The fourth-order valence-electron chi connectivity index (χ4n) is 2.40. The Morgan fingerprint density at radius 1 is 1.14 bits per heavy atom. The summed E-state index contributed by atoms with van der Waals surface area (Å²) in [6.07, 6.45) is 0.717. The number of aliphatic imine (C=N–C) groups is 1. The predicted octanol–water partition coefficient (Wildman–Crippen LogP) is 2.13. The molecule has 0 unspecified atom stereocenters. The van der Waals surface area contributed by atoms with Crippen LogP contribution in [0.3, 0.4) is 0 Å². The van der Waals surface area contributed by atoms with E-state index in [1.165, 1.54) is 0 Å². The number of rotatable bonds is 9. The van der Waals surface area contributed by atoms with E-state index in [9.17, 15) is 13.6 Å². The van der Waals surface area contributed by atoms with Gasteiger partial charge in [0.05, 0.1) is 6.54 Å². The molecule has 2 rings (SSSR count). The molecule has 0 atom stereocenters. The molecule has 0 radical (unpaired) electrons. The highest BCUT2D eigenvalue weighted by molar-refractivity contribution is 5.79. The molecule has 0 heterocycles. The number of ether oxygens (including phenoxy) is 1. The smallest absolute Gasteiger partial charge is 0.255 e. The number of benzene rings is 2. The van der Waals surface area contributed by atoms with E-state index in [2.05, 4.69) is 15.6 Å². The number of nitrogens with two attached hydrogens (primary N) is 1. The highest BCUT2D eigenvalue weighted by Crippen LogP contribution is 2.12. The number of nitrogens with zero attached hydrogens (tertiary/aromatic N) is 1. The van der Waals surface area contributed by atoms with Gasteiger partial charge in [0.25, 0.3) is 5.91 Å². The van der Waals surface area contributed by atoms with Crippen LogP contribution in [0.5, 0.6) is 5.75 Å². The SMILES string of the molecule is CCNC(=NCc1cc(F)ccc1F)NCCc1ccc(OCC(N)=O)cc1. The molecular weight excluding hydrogens is 366 g/mol. The molecule has 0 aliphatic heterocycles. The van der Waals surface area contributed by atoms with Gasteiger partial charge in [-0.05, 0) is 49.2 Å². The molecule has 0 saturated carbocycles. The number of guanidine groups is 1. The van der Waals surface area contributed by atoms with Crippen LogP contribution in [0.25, 0.3) is 0 Å². The fourth-order valence-corrected chi connectivity index (χ4v) is 2.40. The maximum atomic E-state index is 13.7. The Hall–Kier alpha value is -3.16. The lowest BCUT2D eigenvalue weighted by molar-refractivity contribution is -0.119. The van der Waals surface area contributed by atoms with Gasteiger partial charge in [0.15, 0.2) is 12.6 Å². The highest BCUT2D eigenvalue weighted by atomic mass is 19.1. The van der Waals surface area contributed by atoms with Crippen LogP contribution in [-0.2, 0) is 17.8 Å². The van der Waals surface area contributed by atoms with E-state index in [4.69, 9.17) is 10.5 Å². The van der Waals surface area contributed by atoms with E-state index in [0.717, 1.165) is 30.2 Å². The third kappa shape index (κ3) is 7.22. The standard InChI is InChI=1S/C20H24F2N4O2/c1-2-24-20(26-12-15-11-16(21)5-8-18(15)22)25-10-9-14-3-6-17(7-4-14)28-13-19(23)27/h3-8,11H,2,9-10,12-13H2,1H3,(H2,23,27)(H2,24,25,26). The van der Waals surface area contributed by atoms with Crippen molar-refractivity contribution >= 4 is 11.9 Å². The van der Waals surface area contributed by atoms with Gasteiger partial charge in [-0.15, -0.1) is 0 Å². The number of nitrogens with one attached hydrogen (secondary N) is 2. The first-order valence-corrected chi connectivity index (χ1v) is 8.94. The number of hydrogen-bond donors (Lipinski definition) is 3. The minimum atomic E-state index is -0.526. The van der Waals surface area contributed by atoms with Gasteiger partial charge in [0.1, 0.15) is 17.4 Å². The Morgan fingerprint density at radius 2 is 1.89 bits per heavy atom. The molecule has 0 spiro atoms. The third-order valence-electron chi connectivity index (χ3n) is 3.77.